The summed E-state index contributed by atoms with van der Waals surface area (Å²) >= 11 is 0. The molecule has 0 atom stereocenters. The van der Waals surface area contributed by atoms with Crippen LogP contribution in [0.25, 0.3) is 0 Å². The fraction of sp³-hybridized carbons (Fsp3) is 0.167. The van der Waals surface area contributed by atoms with Gasteiger partial charge in [0.15, 0.2) is 0 Å². The third-order valence-corrected chi connectivity index (χ3v) is 1.06. The van der Waals surface area contributed by atoms with Crippen LogP contribution in [0.5, 0.6) is 0 Å². The van der Waals surface area contributed by atoms with E-state index in [0.29, 0.717) is 0 Å². The molecule has 0 radical (unpaired) electrons. The van der Waals surface area contributed by atoms with Gasteiger partial charge < -0.3 is 20.4 Å². The molecular weight excluding hydrogens is 184 g/mol. The smallest absolute Gasteiger partial charge is 0.331 e. The van der Waals surface area contributed by atoms with E-state index in [1.54, 1.807) is 0 Å². The van der Waals surface area contributed by atoms with Crippen molar-refractivity contribution in [1.29, 1.82) is 0 Å². The van der Waals surface area contributed by atoms with E-state index in [9.17, 15) is 14.4 Å². The Balaban J connectivity index is 4.86. The molecule has 0 aliphatic carbocycles. The monoisotopic (exact) mass is 190 g/mol. The minimum atomic E-state index is -2.24. The van der Waals surface area contributed by atoms with Crippen molar-refractivity contribution < 1.29 is 34.8 Å². The third-order valence-electron chi connectivity index (χ3n) is 1.06. The predicted octanol–water partition coefficient (Wildman–Crippen LogP) is -0.702. The molecule has 72 valence electrons. The van der Waals surface area contributed by atoms with E-state index in [1.165, 1.54) is 0 Å². The molecule has 0 spiro atoms. The van der Waals surface area contributed by atoms with Crippen molar-refractivity contribution in [3.05, 3.63) is 11.8 Å². The van der Waals surface area contributed by atoms with Crippen molar-refractivity contribution in [1.82, 2.24) is 0 Å². The van der Waals surface area contributed by atoms with Crippen LogP contribution in [0.4, 0.5) is 0 Å². The van der Waals surface area contributed by atoms with Crippen LogP contribution in [0.1, 0.15) is 0 Å². The maximum atomic E-state index is 10.2. The molecule has 0 aromatic rings. The first-order valence-electron chi connectivity index (χ1n) is 2.95. The molecule has 0 heterocycles. The molecule has 0 rings (SSSR count). The number of hydrogen-bond donors (Lipinski definition) is 4. The topological polar surface area (TPSA) is 132 Å². The average Bonchev–Trinajstić information content (AvgIpc) is 1.81. The second kappa shape index (κ2) is 4.10. The highest BCUT2D eigenvalue weighted by Gasteiger charge is 2.30. The summed E-state index contributed by atoms with van der Waals surface area (Å²) in [5, 5.41) is 33.3. The van der Waals surface area contributed by atoms with Crippen LogP contribution < -0.4 is 0 Å². The van der Waals surface area contributed by atoms with Crippen molar-refractivity contribution in [3.63, 3.8) is 0 Å². The normalized spacial score (nSPS) is 11.3. The molecule has 0 unspecified atom stereocenters. The van der Waals surface area contributed by atoms with E-state index in [1.807, 2.05) is 0 Å². The van der Waals surface area contributed by atoms with E-state index in [-0.39, 0.29) is 6.08 Å². The molecule has 4 N–H and O–H groups in total. The van der Waals surface area contributed by atoms with Crippen molar-refractivity contribution in [2.45, 2.75) is 0 Å². The van der Waals surface area contributed by atoms with Gasteiger partial charge in [0.2, 0.25) is 5.92 Å². The molecule has 0 saturated heterocycles. The first-order chi connectivity index (χ1) is 5.86. The van der Waals surface area contributed by atoms with Gasteiger partial charge in [-0.25, -0.2) is 4.79 Å². The minimum Gasteiger partial charge on any atom is -0.510 e. The van der Waals surface area contributed by atoms with Gasteiger partial charge in [-0.3, -0.25) is 9.59 Å². The van der Waals surface area contributed by atoms with E-state index in [4.69, 9.17) is 20.4 Å². The first-order valence-corrected chi connectivity index (χ1v) is 2.95. The number of hydrogen-bond acceptors (Lipinski definition) is 4. The largest absolute Gasteiger partial charge is 0.510 e. The number of aliphatic hydroxyl groups excluding tert-OH is 1. The molecule has 0 aromatic heterocycles. The van der Waals surface area contributed by atoms with Crippen LogP contribution in [0.15, 0.2) is 11.8 Å². The number of carboxylic acid groups (broad SMARTS) is 3. The van der Waals surface area contributed by atoms with Gasteiger partial charge in [0, 0.05) is 0 Å². The van der Waals surface area contributed by atoms with Crippen LogP contribution in [0.3, 0.4) is 0 Å². The highest BCUT2D eigenvalue weighted by atomic mass is 16.4. The molecule has 0 aliphatic heterocycles. The number of aliphatic carboxylic acids is 3. The SMILES string of the molecule is O=C(O)C=C(O)C(C(=O)O)C(=O)O. The summed E-state index contributed by atoms with van der Waals surface area (Å²) in [7, 11) is 0. The van der Waals surface area contributed by atoms with Crippen LogP contribution in [-0.2, 0) is 14.4 Å². The summed E-state index contributed by atoms with van der Waals surface area (Å²) < 4.78 is 0. The molecule has 0 amide bonds. The Kier molecular flexibility index (Phi) is 3.45. The molecule has 0 fully saturated rings. The van der Waals surface area contributed by atoms with Gasteiger partial charge in [-0.15, -0.1) is 0 Å². The summed E-state index contributed by atoms with van der Waals surface area (Å²) in [6.45, 7) is 0. The molecule has 0 bridgehead atoms. The Morgan fingerprint density at radius 3 is 1.54 bits per heavy atom. The van der Waals surface area contributed by atoms with Crippen molar-refractivity contribution in [3.8, 4) is 0 Å². The average molecular weight is 190 g/mol. The number of carbonyl (C=O) groups is 3. The highest BCUT2D eigenvalue weighted by molar-refractivity contribution is 5.97. The molecule has 0 saturated carbocycles. The molecule has 13 heavy (non-hydrogen) atoms. The summed E-state index contributed by atoms with van der Waals surface area (Å²) in [6.07, 6.45) is 0.118. The fourth-order valence-electron chi connectivity index (χ4n) is 0.568. The summed E-state index contributed by atoms with van der Waals surface area (Å²) in [5.41, 5.74) is 0. The quantitative estimate of drug-likeness (QED) is 0.261. The van der Waals surface area contributed by atoms with Crippen LogP contribution in [-0.4, -0.2) is 38.3 Å². The molecule has 0 aliphatic rings. The minimum absolute atomic E-state index is 0.118. The summed E-state index contributed by atoms with van der Waals surface area (Å²) in [5.74, 6) is -8.75. The summed E-state index contributed by atoms with van der Waals surface area (Å²) in [4.78, 5) is 30.3. The van der Waals surface area contributed by atoms with E-state index in [2.05, 4.69) is 0 Å². The van der Waals surface area contributed by atoms with Gasteiger partial charge in [-0.1, -0.05) is 0 Å². The Morgan fingerprint density at radius 2 is 1.31 bits per heavy atom. The van der Waals surface area contributed by atoms with Crippen LogP contribution in [0.2, 0.25) is 0 Å². The standard InChI is InChI=1S/C6H6O7/c7-2(1-3(8)9)4(5(10)11)6(12)13/h1,4,7H,(H,8,9)(H,10,11)(H,12,13). The lowest BCUT2D eigenvalue weighted by Gasteiger charge is -2.04. The Bertz CT molecular complexity index is 263. The van der Waals surface area contributed by atoms with Gasteiger partial charge in [-0.05, 0) is 0 Å². The lowest BCUT2D eigenvalue weighted by atomic mass is 10.1. The van der Waals surface area contributed by atoms with Gasteiger partial charge in [0.05, 0.1) is 6.08 Å². The predicted molar refractivity (Wildman–Crippen MR) is 37.1 cm³/mol. The van der Waals surface area contributed by atoms with Gasteiger partial charge in [0.1, 0.15) is 5.76 Å². The Labute approximate surface area is 71.5 Å². The second-order valence-electron chi connectivity index (χ2n) is 2.02. The molecule has 7 heteroatoms. The van der Waals surface area contributed by atoms with Crippen LogP contribution >= 0.6 is 0 Å². The lowest BCUT2D eigenvalue weighted by Crippen LogP contribution is -2.25. The lowest BCUT2D eigenvalue weighted by molar-refractivity contribution is -0.153. The van der Waals surface area contributed by atoms with Crippen LogP contribution in [0, 0.1) is 5.92 Å². The van der Waals surface area contributed by atoms with E-state index in [0.717, 1.165) is 0 Å². The zero-order chi connectivity index (χ0) is 10.6. The zero-order valence-electron chi connectivity index (χ0n) is 6.17. The van der Waals surface area contributed by atoms with Gasteiger partial charge in [-0.2, -0.15) is 0 Å². The van der Waals surface area contributed by atoms with Crippen molar-refractivity contribution >= 4 is 17.9 Å². The number of aliphatic hydroxyl groups is 1. The first kappa shape index (κ1) is 11.0. The maximum absolute atomic E-state index is 10.2. The molecule has 7 nitrogen and oxygen atoms in total. The Morgan fingerprint density at radius 1 is 0.923 bits per heavy atom. The summed E-state index contributed by atoms with van der Waals surface area (Å²) in [6, 6.07) is 0. The molecular formula is C6H6O7. The van der Waals surface area contributed by atoms with Gasteiger partial charge >= 0.3 is 17.9 Å². The fourth-order valence-corrected chi connectivity index (χ4v) is 0.568. The van der Waals surface area contributed by atoms with Gasteiger partial charge in [0.25, 0.3) is 0 Å². The number of carboxylic acids is 3. The third kappa shape index (κ3) is 3.23. The van der Waals surface area contributed by atoms with Crippen molar-refractivity contribution in [2.75, 3.05) is 0 Å². The maximum Gasteiger partial charge on any atom is 0.331 e. The second-order valence-corrected chi connectivity index (χ2v) is 2.02. The van der Waals surface area contributed by atoms with Crippen molar-refractivity contribution in [2.24, 2.45) is 5.92 Å². The van der Waals surface area contributed by atoms with E-state index >= 15 is 0 Å². The number of rotatable bonds is 4. The Hall–Kier alpha value is -2.05. The molecule has 0 aromatic carbocycles. The highest BCUT2D eigenvalue weighted by Crippen LogP contribution is 2.08. The van der Waals surface area contributed by atoms with E-state index < -0.39 is 29.6 Å². The zero-order valence-corrected chi connectivity index (χ0v) is 6.17.